The van der Waals surface area contributed by atoms with E-state index in [9.17, 15) is 19.8 Å². The van der Waals surface area contributed by atoms with Crippen LogP contribution in [0.2, 0.25) is 0 Å². The summed E-state index contributed by atoms with van der Waals surface area (Å²) in [6.07, 6.45) is 0.712. The summed E-state index contributed by atoms with van der Waals surface area (Å²) in [7, 11) is 3.73. The second-order valence-corrected chi connectivity index (χ2v) is 11.1. The number of aryl methyl sites for hydroxylation is 1. The number of ether oxygens (including phenoxy) is 1. The molecule has 0 radical (unpaired) electrons. The lowest BCUT2D eigenvalue weighted by molar-refractivity contribution is 0.0947. The van der Waals surface area contributed by atoms with Crippen LogP contribution in [0.15, 0.2) is 89.7 Å². The van der Waals surface area contributed by atoms with E-state index in [-0.39, 0.29) is 29.9 Å². The van der Waals surface area contributed by atoms with Crippen LogP contribution in [0.5, 0.6) is 11.5 Å². The maximum absolute atomic E-state index is 12.7. The topological polar surface area (TPSA) is 154 Å². The Bertz CT molecular complexity index is 1820. The molecule has 3 aromatic carbocycles. The van der Waals surface area contributed by atoms with E-state index in [0.717, 1.165) is 29.8 Å². The van der Waals surface area contributed by atoms with E-state index in [1.54, 1.807) is 29.9 Å². The molecule has 0 fully saturated rings. The highest BCUT2D eigenvalue weighted by Gasteiger charge is 2.16. The Labute approximate surface area is 267 Å². The van der Waals surface area contributed by atoms with Crippen molar-refractivity contribution in [2.24, 2.45) is 7.05 Å². The highest BCUT2D eigenvalue weighted by molar-refractivity contribution is 5.92. The molecule has 5 aromatic rings. The number of rotatable bonds is 15. The van der Waals surface area contributed by atoms with E-state index in [2.05, 4.69) is 44.2 Å². The number of aliphatic hydroxyl groups is 1. The van der Waals surface area contributed by atoms with Gasteiger partial charge in [0.05, 0.1) is 23.4 Å². The van der Waals surface area contributed by atoms with Gasteiger partial charge in [-0.05, 0) is 73.5 Å². The van der Waals surface area contributed by atoms with Crippen molar-refractivity contribution < 1.29 is 19.7 Å². The minimum atomic E-state index is -0.820. The normalized spacial score (nSPS) is 12.6. The van der Waals surface area contributed by atoms with Gasteiger partial charge in [-0.15, -0.1) is 0 Å². The number of nitrogens with zero attached hydrogens (tertiary/aromatic N) is 2. The molecule has 2 aromatic heterocycles. The minimum absolute atomic E-state index is 0.0410. The quantitative estimate of drug-likeness (QED) is 0.0965. The lowest BCUT2D eigenvalue weighted by Crippen LogP contribution is -2.27. The van der Waals surface area contributed by atoms with E-state index in [1.165, 1.54) is 17.7 Å². The number of phenols is 1. The molecule has 1 amide bonds. The molecule has 0 bridgehead atoms. The number of aromatic amines is 1. The van der Waals surface area contributed by atoms with Crippen LogP contribution in [0.3, 0.4) is 0 Å². The number of hydrogen-bond acceptors (Lipinski definition) is 8. The molecule has 2 heterocycles. The van der Waals surface area contributed by atoms with Gasteiger partial charge in [-0.1, -0.05) is 48.5 Å². The third-order valence-electron chi connectivity index (χ3n) is 7.88. The summed E-state index contributed by atoms with van der Waals surface area (Å²) in [5, 5.41) is 35.2. The van der Waals surface area contributed by atoms with Gasteiger partial charge in [0, 0.05) is 31.6 Å². The maximum Gasteiger partial charge on any atom is 0.271 e. The Hall–Kier alpha value is -4.97. The SMILES string of the molecule is CN[C@@H](c1ccccc1)c1cccc(OCc2cc(C(=O)NCCCCNCC(O)c3ccc(O)c4[nH]c(=O)ccc34)nn2C)c1. The monoisotopic (exact) mass is 624 g/mol. The van der Waals surface area contributed by atoms with Crippen molar-refractivity contribution in [3.05, 3.63) is 123 Å². The molecule has 5 rings (SSSR count). The zero-order chi connectivity index (χ0) is 32.5. The predicted molar refractivity (Wildman–Crippen MR) is 177 cm³/mol. The van der Waals surface area contributed by atoms with Crippen molar-refractivity contribution in [3.8, 4) is 11.5 Å². The van der Waals surface area contributed by atoms with Crippen molar-refractivity contribution in [1.82, 2.24) is 30.7 Å². The number of benzene rings is 3. The van der Waals surface area contributed by atoms with Gasteiger partial charge in [0.15, 0.2) is 5.69 Å². The summed E-state index contributed by atoms with van der Waals surface area (Å²) in [6.45, 7) is 1.71. The first-order valence-electron chi connectivity index (χ1n) is 15.3. The van der Waals surface area contributed by atoms with Crippen molar-refractivity contribution in [2.75, 3.05) is 26.7 Å². The van der Waals surface area contributed by atoms with Crippen LogP contribution in [0.25, 0.3) is 10.9 Å². The van der Waals surface area contributed by atoms with Gasteiger partial charge in [0.2, 0.25) is 5.56 Å². The number of unbranched alkanes of at least 4 members (excludes halogenated alkanes) is 1. The van der Waals surface area contributed by atoms with Crippen molar-refractivity contribution in [3.63, 3.8) is 0 Å². The van der Waals surface area contributed by atoms with Crippen LogP contribution in [-0.2, 0) is 13.7 Å². The average molecular weight is 625 g/mol. The average Bonchev–Trinajstić information content (AvgIpc) is 3.45. The number of carbonyl (C=O) groups is 1. The molecular weight excluding hydrogens is 584 g/mol. The fraction of sp³-hybridized carbons (Fsp3) is 0.286. The minimum Gasteiger partial charge on any atom is -0.506 e. The second-order valence-electron chi connectivity index (χ2n) is 11.1. The van der Waals surface area contributed by atoms with Crippen molar-refractivity contribution in [2.45, 2.75) is 31.6 Å². The van der Waals surface area contributed by atoms with Crippen LogP contribution in [0.4, 0.5) is 0 Å². The smallest absolute Gasteiger partial charge is 0.271 e. The number of carbonyl (C=O) groups excluding carboxylic acids is 1. The Morgan fingerprint density at radius 3 is 2.57 bits per heavy atom. The zero-order valence-corrected chi connectivity index (χ0v) is 26.0. The number of amides is 1. The molecule has 11 heteroatoms. The molecule has 0 aliphatic carbocycles. The lowest BCUT2D eigenvalue weighted by Gasteiger charge is -2.18. The van der Waals surface area contributed by atoms with Crippen LogP contribution in [-0.4, -0.2) is 57.6 Å². The molecule has 240 valence electrons. The number of hydrogen-bond donors (Lipinski definition) is 6. The van der Waals surface area contributed by atoms with Gasteiger partial charge in [-0.3, -0.25) is 14.3 Å². The van der Waals surface area contributed by atoms with E-state index in [4.69, 9.17) is 4.74 Å². The van der Waals surface area contributed by atoms with Gasteiger partial charge in [-0.25, -0.2) is 0 Å². The predicted octanol–water partition coefficient (Wildman–Crippen LogP) is 3.69. The zero-order valence-electron chi connectivity index (χ0n) is 26.0. The third-order valence-corrected chi connectivity index (χ3v) is 7.88. The summed E-state index contributed by atoms with van der Waals surface area (Å²) in [6, 6.07) is 26.1. The van der Waals surface area contributed by atoms with Gasteiger partial charge < -0.3 is 35.9 Å². The number of phenolic OH excluding ortho intramolecular Hbond substituents is 1. The van der Waals surface area contributed by atoms with Gasteiger partial charge >= 0.3 is 0 Å². The summed E-state index contributed by atoms with van der Waals surface area (Å²) in [5.74, 6) is 0.441. The molecule has 0 aliphatic rings. The number of aromatic nitrogens is 3. The Morgan fingerprint density at radius 1 is 0.978 bits per heavy atom. The molecule has 46 heavy (non-hydrogen) atoms. The van der Waals surface area contributed by atoms with E-state index >= 15 is 0 Å². The molecule has 0 aliphatic heterocycles. The molecule has 1 unspecified atom stereocenters. The Morgan fingerprint density at radius 2 is 1.76 bits per heavy atom. The van der Waals surface area contributed by atoms with E-state index in [1.807, 2.05) is 43.4 Å². The first kappa shape index (κ1) is 32.4. The summed E-state index contributed by atoms with van der Waals surface area (Å²) in [4.78, 5) is 27.0. The van der Waals surface area contributed by atoms with E-state index in [0.29, 0.717) is 41.8 Å². The van der Waals surface area contributed by atoms with Crippen LogP contribution >= 0.6 is 0 Å². The molecule has 2 atom stereocenters. The van der Waals surface area contributed by atoms with E-state index < -0.39 is 6.10 Å². The largest absolute Gasteiger partial charge is 0.506 e. The number of fused-ring (bicyclic) bond motifs is 1. The fourth-order valence-electron chi connectivity index (χ4n) is 5.43. The molecule has 0 saturated heterocycles. The van der Waals surface area contributed by atoms with Gasteiger partial charge in [0.25, 0.3) is 5.91 Å². The highest BCUT2D eigenvalue weighted by atomic mass is 16.5. The second kappa shape index (κ2) is 15.3. The standard InChI is InChI=1S/C35H40N6O5/c1-36-33(23-9-4-3-5-10-23)24-11-8-12-26(19-24)46-22-25-20-29(40-41(25)2)35(45)38-18-7-6-17-37-21-31(43)27-13-15-30(42)34-28(27)14-16-32(44)39-34/h3-5,8-16,19-20,31,33,36-37,42-43H,6-7,17-18,21-22H2,1-2H3,(H,38,45)(H,39,44)/t31?,33-/m0/s1. The number of H-pyrrole nitrogens is 1. The molecular formula is C35H40N6O5. The highest BCUT2D eigenvalue weighted by Crippen LogP contribution is 2.29. The molecule has 11 nitrogen and oxygen atoms in total. The number of aliphatic hydroxyl groups excluding tert-OH is 1. The fourth-order valence-corrected chi connectivity index (χ4v) is 5.43. The summed E-state index contributed by atoms with van der Waals surface area (Å²) < 4.78 is 7.73. The first-order valence-corrected chi connectivity index (χ1v) is 15.3. The summed E-state index contributed by atoms with van der Waals surface area (Å²) >= 11 is 0. The number of nitrogens with one attached hydrogen (secondary N) is 4. The molecule has 0 saturated carbocycles. The summed E-state index contributed by atoms with van der Waals surface area (Å²) in [5.41, 5.74) is 3.96. The van der Waals surface area contributed by atoms with Crippen LogP contribution in [0.1, 0.15) is 57.9 Å². The van der Waals surface area contributed by atoms with Crippen LogP contribution in [0, 0.1) is 0 Å². The van der Waals surface area contributed by atoms with Gasteiger partial charge in [0.1, 0.15) is 18.1 Å². The first-order chi connectivity index (χ1) is 22.3. The molecule has 0 spiro atoms. The molecule has 6 N–H and O–H groups in total. The maximum atomic E-state index is 12.7. The third kappa shape index (κ3) is 7.99. The van der Waals surface area contributed by atoms with Crippen LogP contribution < -0.4 is 26.2 Å². The van der Waals surface area contributed by atoms with Gasteiger partial charge in [-0.2, -0.15) is 5.10 Å². The number of aromatic hydroxyl groups is 1. The Balaban J connectivity index is 1.04. The Kier molecular flexibility index (Phi) is 10.8. The van der Waals surface area contributed by atoms with Crippen molar-refractivity contribution >= 4 is 16.8 Å². The number of pyridine rings is 1. The van der Waals surface area contributed by atoms with Crippen molar-refractivity contribution in [1.29, 1.82) is 0 Å². The lowest BCUT2D eigenvalue weighted by atomic mass is 9.99.